The number of hydrogen-bond donors (Lipinski definition) is 0. The van der Waals surface area contributed by atoms with E-state index in [1.54, 1.807) is 0 Å². The van der Waals surface area contributed by atoms with Crippen LogP contribution in [-0.2, 0) is 4.79 Å². The molecule has 0 aromatic carbocycles. The van der Waals surface area contributed by atoms with Gasteiger partial charge in [0.05, 0.1) is 0 Å². The number of Topliss-reactive ketones (excluding diaryl/α,β-unsaturated/α-hetero) is 1. The number of hydrogen-bond acceptors (Lipinski definition) is 1. The molecular weight excluding hydrogens is 160 g/mol. The Morgan fingerprint density at radius 1 is 1.31 bits per heavy atom. The number of carbonyl (C=O) groups excluding carboxylic acids is 1. The van der Waals surface area contributed by atoms with Crippen LogP contribution in [0.1, 0.15) is 58.3 Å². The number of allylic oxidation sites excluding steroid dienone is 2. The monoisotopic (exact) mass is 180 g/mol. The Balaban J connectivity index is 2.48. The summed E-state index contributed by atoms with van der Waals surface area (Å²) in [5, 5.41) is 0. The second-order valence-corrected chi connectivity index (χ2v) is 3.86. The second kappa shape index (κ2) is 5.95. The fourth-order valence-corrected chi connectivity index (χ4v) is 1.83. The van der Waals surface area contributed by atoms with E-state index in [2.05, 4.69) is 13.0 Å². The van der Waals surface area contributed by atoms with Crippen LogP contribution in [0.25, 0.3) is 0 Å². The Bertz CT molecular complexity index is 191. The van der Waals surface area contributed by atoms with Gasteiger partial charge in [0, 0.05) is 6.42 Å². The van der Waals surface area contributed by atoms with Crippen molar-refractivity contribution in [3.05, 3.63) is 11.6 Å². The highest BCUT2D eigenvalue weighted by molar-refractivity contribution is 5.95. The molecular formula is C12H20O. The van der Waals surface area contributed by atoms with Gasteiger partial charge >= 0.3 is 0 Å². The summed E-state index contributed by atoms with van der Waals surface area (Å²) < 4.78 is 0. The van der Waals surface area contributed by atoms with E-state index in [4.69, 9.17) is 0 Å². The van der Waals surface area contributed by atoms with Crippen LogP contribution in [0.3, 0.4) is 0 Å². The molecule has 1 rings (SSSR count). The van der Waals surface area contributed by atoms with Crippen LogP contribution in [0, 0.1) is 0 Å². The third-order valence-electron chi connectivity index (χ3n) is 2.63. The van der Waals surface area contributed by atoms with Crippen molar-refractivity contribution in [2.24, 2.45) is 0 Å². The van der Waals surface area contributed by atoms with E-state index in [0.717, 1.165) is 31.3 Å². The highest BCUT2D eigenvalue weighted by atomic mass is 16.1. The lowest BCUT2D eigenvalue weighted by Gasteiger charge is -2.09. The summed E-state index contributed by atoms with van der Waals surface area (Å²) in [6.07, 6.45) is 11.2. The molecule has 0 saturated carbocycles. The van der Waals surface area contributed by atoms with Crippen molar-refractivity contribution >= 4 is 5.78 Å². The lowest BCUT2D eigenvalue weighted by atomic mass is 9.96. The van der Waals surface area contributed by atoms with E-state index < -0.39 is 0 Å². The van der Waals surface area contributed by atoms with Gasteiger partial charge in [-0.05, 0) is 37.7 Å². The quantitative estimate of drug-likeness (QED) is 0.648. The largest absolute Gasteiger partial charge is 0.295 e. The Kier molecular flexibility index (Phi) is 4.81. The Morgan fingerprint density at radius 2 is 2.08 bits per heavy atom. The van der Waals surface area contributed by atoms with E-state index in [1.165, 1.54) is 25.7 Å². The summed E-state index contributed by atoms with van der Waals surface area (Å²) >= 11 is 0. The summed E-state index contributed by atoms with van der Waals surface area (Å²) in [5.74, 6) is 0.393. The SMILES string of the molecule is CCCC(=O)C1=CCCCCCC1. The standard InChI is InChI=1S/C12H20O/c1-2-8-12(13)11-9-6-4-3-5-7-10-11/h9H,2-8,10H2,1H3. The molecule has 0 radical (unpaired) electrons. The summed E-state index contributed by atoms with van der Waals surface area (Å²) in [7, 11) is 0. The molecule has 0 unspecified atom stereocenters. The average molecular weight is 180 g/mol. The first-order valence-electron chi connectivity index (χ1n) is 5.57. The van der Waals surface area contributed by atoms with Crippen molar-refractivity contribution in [1.82, 2.24) is 0 Å². The zero-order valence-corrected chi connectivity index (χ0v) is 8.64. The normalized spacial score (nSPS) is 18.7. The van der Waals surface area contributed by atoms with Gasteiger partial charge in [0.1, 0.15) is 0 Å². The molecule has 74 valence electrons. The van der Waals surface area contributed by atoms with E-state index in [0.29, 0.717) is 5.78 Å². The molecule has 1 heteroatoms. The maximum atomic E-state index is 11.6. The molecule has 0 atom stereocenters. The topological polar surface area (TPSA) is 17.1 Å². The van der Waals surface area contributed by atoms with E-state index in [-0.39, 0.29) is 0 Å². The fraction of sp³-hybridized carbons (Fsp3) is 0.750. The van der Waals surface area contributed by atoms with Crippen LogP contribution in [0.5, 0.6) is 0 Å². The third-order valence-corrected chi connectivity index (χ3v) is 2.63. The van der Waals surface area contributed by atoms with Gasteiger partial charge in [0.25, 0.3) is 0 Å². The molecule has 0 saturated heterocycles. The lowest BCUT2D eigenvalue weighted by Crippen LogP contribution is -2.03. The van der Waals surface area contributed by atoms with Crippen LogP contribution in [0.4, 0.5) is 0 Å². The van der Waals surface area contributed by atoms with Crippen molar-refractivity contribution in [2.75, 3.05) is 0 Å². The highest BCUT2D eigenvalue weighted by Gasteiger charge is 2.09. The lowest BCUT2D eigenvalue weighted by molar-refractivity contribution is -0.115. The predicted molar refractivity (Wildman–Crippen MR) is 55.7 cm³/mol. The van der Waals surface area contributed by atoms with Crippen molar-refractivity contribution in [1.29, 1.82) is 0 Å². The molecule has 1 nitrogen and oxygen atoms in total. The van der Waals surface area contributed by atoms with Gasteiger partial charge in [-0.25, -0.2) is 0 Å². The zero-order chi connectivity index (χ0) is 9.52. The fourth-order valence-electron chi connectivity index (χ4n) is 1.83. The van der Waals surface area contributed by atoms with Crippen LogP contribution in [0.15, 0.2) is 11.6 Å². The molecule has 0 N–H and O–H groups in total. The van der Waals surface area contributed by atoms with Crippen LogP contribution < -0.4 is 0 Å². The van der Waals surface area contributed by atoms with E-state index in [1.807, 2.05) is 0 Å². The Hall–Kier alpha value is -0.590. The molecule has 0 heterocycles. The first kappa shape index (κ1) is 10.5. The van der Waals surface area contributed by atoms with Gasteiger partial charge in [0.15, 0.2) is 5.78 Å². The maximum absolute atomic E-state index is 11.6. The van der Waals surface area contributed by atoms with Crippen molar-refractivity contribution in [3.8, 4) is 0 Å². The minimum absolute atomic E-state index is 0.393. The van der Waals surface area contributed by atoms with Crippen LogP contribution in [0.2, 0.25) is 0 Å². The van der Waals surface area contributed by atoms with Gasteiger partial charge in [-0.3, -0.25) is 4.79 Å². The first-order chi connectivity index (χ1) is 6.34. The Labute approximate surface area is 81.2 Å². The maximum Gasteiger partial charge on any atom is 0.158 e. The second-order valence-electron chi connectivity index (χ2n) is 3.86. The molecule has 0 aromatic rings. The van der Waals surface area contributed by atoms with Crippen molar-refractivity contribution in [3.63, 3.8) is 0 Å². The van der Waals surface area contributed by atoms with Gasteiger partial charge < -0.3 is 0 Å². The molecule has 0 spiro atoms. The summed E-state index contributed by atoms with van der Waals surface area (Å²) in [6.45, 7) is 2.07. The number of carbonyl (C=O) groups is 1. The van der Waals surface area contributed by atoms with Crippen molar-refractivity contribution in [2.45, 2.75) is 58.3 Å². The van der Waals surface area contributed by atoms with E-state index in [9.17, 15) is 4.79 Å². The molecule has 0 aliphatic heterocycles. The first-order valence-corrected chi connectivity index (χ1v) is 5.57. The smallest absolute Gasteiger partial charge is 0.158 e. The van der Waals surface area contributed by atoms with Crippen molar-refractivity contribution < 1.29 is 4.79 Å². The summed E-state index contributed by atoms with van der Waals surface area (Å²) in [6, 6.07) is 0. The Morgan fingerprint density at radius 3 is 2.85 bits per heavy atom. The molecule has 1 aliphatic rings. The zero-order valence-electron chi connectivity index (χ0n) is 8.64. The molecule has 1 aliphatic carbocycles. The predicted octanol–water partition coefficient (Wildman–Crippen LogP) is 3.64. The number of ketones is 1. The average Bonchev–Trinajstić information content (AvgIpc) is 2.03. The van der Waals surface area contributed by atoms with Gasteiger partial charge in [-0.1, -0.05) is 25.8 Å². The van der Waals surface area contributed by atoms with E-state index >= 15 is 0 Å². The molecule has 13 heavy (non-hydrogen) atoms. The highest BCUT2D eigenvalue weighted by Crippen LogP contribution is 2.18. The van der Waals surface area contributed by atoms with Crippen LogP contribution in [-0.4, -0.2) is 5.78 Å². The van der Waals surface area contributed by atoms with Gasteiger partial charge in [0.2, 0.25) is 0 Å². The number of rotatable bonds is 3. The summed E-state index contributed by atoms with van der Waals surface area (Å²) in [5.41, 5.74) is 1.11. The third kappa shape index (κ3) is 3.75. The molecule has 0 bridgehead atoms. The van der Waals surface area contributed by atoms with Gasteiger partial charge in [-0.15, -0.1) is 0 Å². The molecule has 0 fully saturated rings. The summed E-state index contributed by atoms with van der Waals surface area (Å²) in [4.78, 5) is 11.6. The minimum Gasteiger partial charge on any atom is -0.295 e. The van der Waals surface area contributed by atoms with Gasteiger partial charge in [-0.2, -0.15) is 0 Å². The molecule has 0 aromatic heterocycles. The minimum atomic E-state index is 0.393. The van der Waals surface area contributed by atoms with Crippen LogP contribution >= 0.6 is 0 Å². The molecule has 0 amide bonds.